The van der Waals surface area contributed by atoms with Gasteiger partial charge < -0.3 is 10.2 Å². The minimum absolute atomic E-state index is 0.0391. The Hall–Kier alpha value is -1.95. The molecule has 1 aromatic carbocycles. The van der Waals surface area contributed by atoms with Crippen molar-refractivity contribution >= 4 is 17.7 Å². The number of carbonyl (C=O) groups is 1. The molecular weight excluding hydrogens is 252 g/mol. The molecule has 2 N–H and O–H groups in total. The monoisotopic (exact) mass is 264 g/mol. The third-order valence-electron chi connectivity index (χ3n) is 2.58. The van der Waals surface area contributed by atoms with E-state index in [1.807, 2.05) is 12.3 Å². The van der Waals surface area contributed by atoms with Crippen molar-refractivity contribution in [2.75, 3.05) is 6.26 Å². The van der Waals surface area contributed by atoms with Crippen molar-refractivity contribution in [3.05, 3.63) is 30.0 Å². The predicted octanol–water partition coefficient (Wildman–Crippen LogP) is 2.21. The first-order valence-electron chi connectivity index (χ1n) is 5.18. The fraction of sp³-hybridized carbons (Fsp3) is 0.167. The van der Waals surface area contributed by atoms with E-state index in [1.165, 1.54) is 22.5 Å². The Kier molecular flexibility index (Phi) is 3.29. The topological polar surface area (TPSA) is 75.3 Å². The second-order valence-corrected chi connectivity index (χ2v) is 4.55. The van der Waals surface area contributed by atoms with Gasteiger partial charge in [-0.05, 0) is 24.5 Å². The molecule has 0 atom stereocenters. The maximum Gasteiger partial charge on any atom is 0.356 e. The van der Waals surface area contributed by atoms with Crippen LogP contribution in [-0.2, 0) is 7.05 Å². The molecule has 6 heteroatoms. The number of phenols is 1. The number of aromatic carboxylic acids is 1. The van der Waals surface area contributed by atoms with Crippen molar-refractivity contribution in [2.24, 2.45) is 7.05 Å². The fourth-order valence-corrected chi connectivity index (χ4v) is 2.38. The number of aromatic nitrogens is 2. The fourth-order valence-electron chi connectivity index (χ4n) is 1.75. The number of carboxylic acid groups (broad SMARTS) is 1. The highest BCUT2D eigenvalue weighted by molar-refractivity contribution is 7.98. The summed E-state index contributed by atoms with van der Waals surface area (Å²) in [6.45, 7) is 0. The van der Waals surface area contributed by atoms with Gasteiger partial charge in [-0.3, -0.25) is 4.68 Å². The average Bonchev–Trinajstić information content (AvgIpc) is 2.71. The lowest BCUT2D eigenvalue weighted by atomic mass is 10.1. The van der Waals surface area contributed by atoms with Crippen molar-refractivity contribution in [1.29, 1.82) is 0 Å². The van der Waals surface area contributed by atoms with Crippen LogP contribution in [0.2, 0.25) is 0 Å². The summed E-state index contributed by atoms with van der Waals surface area (Å²) in [6.07, 6.45) is 1.90. The number of nitrogens with zero attached hydrogens (tertiary/aromatic N) is 2. The van der Waals surface area contributed by atoms with Crippen LogP contribution in [0, 0.1) is 0 Å². The van der Waals surface area contributed by atoms with Crippen LogP contribution in [-0.4, -0.2) is 32.2 Å². The quantitative estimate of drug-likeness (QED) is 0.831. The van der Waals surface area contributed by atoms with Crippen LogP contribution >= 0.6 is 11.8 Å². The Balaban J connectivity index is 2.65. The first-order valence-corrected chi connectivity index (χ1v) is 6.40. The largest absolute Gasteiger partial charge is 0.507 e. The Labute approximate surface area is 108 Å². The van der Waals surface area contributed by atoms with E-state index < -0.39 is 5.97 Å². The molecule has 1 heterocycles. The van der Waals surface area contributed by atoms with E-state index in [-0.39, 0.29) is 11.4 Å². The van der Waals surface area contributed by atoms with Gasteiger partial charge in [0.15, 0.2) is 5.69 Å². The molecule has 0 unspecified atom stereocenters. The van der Waals surface area contributed by atoms with Crippen LogP contribution in [0.15, 0.2) is 29.2 Å². The molecule has 0 spiro atoms. The molecule has 1 aromatic heterocycles. The molecule has 0 aliphatic carbocycles. The van der Waals surface area contributed by atoms with E-state index in [2.05, 4.69) is 5.10 Å². The van der Waals surface area contributed by atoms with Crippen LogP contribution in [0.3, 0.4) is 0 Å². The third kappa shape index (κ3) is 2.06. The van der Waals surface area contributed by atoms with Gasteiger partial charge in [0.05, 0.1) is 11.3 Å². The van der Waals surface area contributed by atoms with Gasteiger partial charge in [0.2, 0.25) is 0 Å². The number of rotatable bonds is 3. The predicted molar refractivity (Wildman–Crippen MR) is 69.0 cm³/mol. The highest BCUT2D eigenvalue weighted by atomic mass is 32.2. The van der Waals surface area contributed by atoms with Gasteiger partial charge >= 0.3 is 5.97 Å². The second kappa shape index (κ2) is 4.73. The van der Waals surface area contributed by atoms with Crippen LogP contribution < -0.4 is 0 Å². The van der Waals surface area contributed by atoms with Crippen molar-refractivity contribution in [2.45, 2.75) is 4.90 Å². The number of hydrogen-bond acceptors (Lipinski definition) is 4. The standard InChI is InChI=1S/C12H12N2O3S/c1-14-8(6-7(13-14)12(16)17)11-9(15)4-3-5-10(11)18-2/h3-6,15H,1-2H3,(H,16,17). The Morgan fingerprint density at radius 2 is 2.17 bits per heavy atom. The highest BCUT2D eigenvalue weighted by Crippen LogP contribution is 2.37. The maximum absolute atomic E-state index is 10.9. The van der Waals surface area contributed by atoms with E-state index in [1.54, 1.807) is 19.2 Å². The van der Waals surface area contributed by atoms with Gasteiger partial charge in [-0.1, -0.05) is 6.07 Å². The summed E-state index contributed by atoms with van der Waals surface area (Å²) in [5.41, 5.74) is 1.14. The first-order chi connectivity index (χ1) is 8.54. The van der Waals surface area contributed by atoms with Crippen LogP contribution in [0.1, 0.15) is 10.5 Å². The van der Waals surface area contributed by atoms with E-state index in [9.17, 15) is 9.90 Å². The lowest BCUT2D eigenvalue weighted by Gasteiger charge is -2.09. The minimum atomic E-state index is -1.09. The summed E-state index contributed by atoms with van der Waals surface area (Å²) in [5, 5.41) is 22.8. The first kappa shape index (κ1) is 12.5. The van der Waals surface area contributed by atoms with Gasteiger partial charge in [0, 0.05) is 11.9 Å². The summed E-state index contributed by atoms with van der Waals surface area (Å²) < 4.78 is 1.46. The average molecular weight is 264 g/mol. The molecule has 0 fully saturated rings. The highest BCUT2D eigenvalue weighted by Gasteiger charge is 2.17. The summed E-state index contributed by atoms with van der Waals surface area (Å²) in [5.74, 6) is -0.972. The van der Waals surface area contributed by atoms with E-state index in [0.29, 0.717) is 11.3 Å². The molecular formula is C12H12N2O3S. The lowest BCUT2D eigenvalue weighted by molar-refractivity contribution is 0.0689. The second-order valence-electron chi connectivity index (χ2n) is 3.70. The molecule has 0 bridgehead atoms. The normalized spacial score (nSPS) is 10.6. The number of aryl methyl sites for hydroxylation is 1. The van der Waals surface area contributed by atoms with Crippen LogP contribution in [0.4, 0.5) is 0 Å². The van der Waals surface area contributed by atoms with Gasteiger partial charge in [0.25, 0.3) is 0 Å². The minimum Gasteiger partial charge on any atom is -0.507 e. The summed E-state index contributed by atoms with van der Waals surface area (Å²) >= 11 is 1.48. The Morgan fingerprint density at radius 3 is 2.72 bits per heavy atom. The molecule has 18 heavy (non-hydrogen) atoms. The molecule has 0 aliphatic heterocycles. The van der Waals surface area contributed by atoms with E-state index >= 15 is 0 Å². The van der Waals surface area contributed by atoms with Crippen LogP contribution in [0.25, 0.3) is 11.3 Å². The van der Waals surface area contributed by atoms with Crippen molar-refractivity contribution in [1.82, 2.24) is 9.78 Å². The van der Waals surface area contributed by atoms with E-state index in [4.69, 9.17) is 5.11 Å². The summed E-state index contributed by atoms with van der Waals surface area (Å²) in [6, 6.07) is 6.64. The number of aromatic hydroxyl groups is 1. The Morgan fingerprint density at radius 1 is 1.44 bits per heavy atom. The zero-order chi connectivity index (χ0) is 13.3. The smallest absolute Gasteiger partial charge is 0.356 e. The molecule has 94 valence electrons. The molecule has 5 nitrogen and oxygen atoms in total. The van der Waals surface area contributed by atoms with Crippen molar-refractivity contribution < 1.29 is 15.0 Å². The number of hydrogen-bond donors (Lipinski definition) is 2. The maximum atomic E-state index is 10.9. The van der Waals surface area contributed by atoms with Gasteiger partial charge in [0.1, 0.15) is 5.75 Å². The van der Waals surface area contributed by atoms with Gasteiger partial charge in [-0.25, -0.2) is 4.79 Å². The molecule has 0 saturated carbocycles. The third-order valence-corrected chi connectivity index (χ3v) is 3.36. The Bertz CT molecular complexity index is 607. The van der Waals surface area contributed by atoms with Gasteiger partial charge in [-0.15, -0.1) is 11.8 Å². The molecule has 0 radical (unpaired) electrons. The molecule has 0 aliphatic rings. The zero-order valence-electron chi connectivity index (χ0n) is 9.91. The van der Waals surface area contributed by atoms with Crippen molar-refractivity contribution in [3.63, 3.8) is 0 Å². The molecule has 2 aromatic rings. The summed E-state index contributed by atoms with van der Waals surface area (Å²) in [4.78, 5) is 11.8. The SMILES string of the molecule is CSc1cccc(O)c1-c1cc(C(=O)O)nn1C. The number of carboxylic acids is 1. The molecule has 0 saturated heterocycles. The zero-order valence-corrected chi connectivity index (χ0v) is 10.7. The number of benzene rings is 1. The molecule has 0 amide bonds. The summed E-state index contributed by atoms with van der Waals surface area (Å²) in [7, 11) is 1.65. The molecule has 2 rings (SSSR count). The lowest BCUT2D eigenvalue weighted by Crippen LogP contribution is -1.99. The van der Waals surface area contributed by atoms with Crippen LogP contribution in [0.5, 0.6) is 5.75 Å². The van der Waals surface area contributed by atoms with Crippen molar-refractivity contribution in [3.8, 4) is 17.0 Å². The van der Waals surface area contributed by atoms with E-state index in [0.717, 1.165) is 4.90 Å². The number of thioether (sulfide) groups is 1. The number of phenolic OH excluding ortho intramolecular Hbond substituents is 1. The van der Waals surface area contributed by atoms with Gasteiger partial charge in [-0.2, -0.15) is 5.10 Å².